The van der Waals surface area contributed by atoms with Crippen LogP contribution >= 0.6 is 0 Å². The summed E-state index contributed by atoms with van der Waals surface area (Å²) in [6, 6.07) is 0. The maximum atomic E-state index is 9.90. The molecule has 5 heteroatoms. The van der Waals surface area contributed by atoms with Gasteiger partial charge in [-0.3, -0.25) is 9.59 Å². The van der Waals surface area contributed by atoms with E-state index in [9.17, 15) is 9.59 Å². The van der Waals surface area contributed by atoms with Gasteiger partial charge in [-0.1, -0.05) is 0 Å². The SMILES string of the molecule is O=C(O)CCCCC(=O)O.[Hf]. The van der Waals surface area contributed by atoms with Crippen LogP contribution in [0.5, 0.6) is 0 Å². The van der Waals surface area contributed by atoms with Crippen molar-refractivity contribution < 1.29 is 45.6 Å². The van der Waals surface area contributed by atoms with E-state index in [-0.39, 0.29) is 38.7 Å². The molecule has 0 radical (unpaired) electrons. The van der Waals surface area contributed by atoms with Crippen molar-refractivity contribution in [1.82, 2.24) is 0 Å². The molecule has 0 saturated heterocycles. The monoisotopic (exact) mass is 326 g/mol. The molecule has 0 aliphatic rings. The molecule has 0 bridgehead atoms. The van der Waals surface area contributed by atoms with Crippen LogP contribution in [0, 0.1) is 0 Å². The van der Waals surface area contributed by atoms with Crippen LogP contribution in [0.1, 0.15) is 25.7 Å². The van der Waals surface area contributed by atoms with Crippen LogP contribution in [0.2, 0.25) is 0 Å². The van der Waals surface area contributed by atoms with Gasteiger partial charge in [0.2, 0.25) is 0 Å². The molecule has 0 aliphatic carbocycles. The predicted octanol–water partition coefficient (Wildman–Crippen LogP) is 0.714. The van der Waals surface area contributed by atoms with E-state index in [0.717, 1.165) is 0 Å². The van der Waals surface area contributed by atoms with Crippen molar-refractivity contribution in [1.29, 1.82) is 0 Å². The Morgan fingerprint density at radius 1 is 0.909 bits per heavy atom. The third-order valence-electron chi connectivity index (χ3n) is 1.03. The smallest absolute Gasteiger partial charge is 0.303 e. The molecule has 0 aliphatic heterocycles. The van der Waals surface area contributed by atoms with Crippen molar-refractivity contribution in [3.8, 4) is 0 Å². The minimum absolute atomic E-state index is 0. The standard InChI is InChI=1S/C6H10O4.Hf/c7-5(8)3-1-2-4-6(9)10;/h1-4H2,(H,7,8)(H,9,10);. The van der Waals surface area contributed by atoms with Crippen molar-refractivity contribution in [2.45, 2.75) is 25.7 Å². The summed E-state index contributed by atoms with van der Waals surface area (Å²) in [4.78, 5) is 19.8. The number of aliphatic carboxylic acids is 2. The average molecular weight is 325 g/mol. The number of carboxylic acid groups (broad SMARTS) is 2. The first kappa shape index (κ1) is 13.4. The van der Waals surface area contributed by atoms with E-state index >= 15 is 0 Å². The van der Waals surface area contributed by atoms with Gasteiger partial charge in [-0.25, -0.2) is 0 Å². The van der Waals surface area contributed by atoms with Crippen LogP contribution in [0.3, 0.4) is 0 Å². The van der Waals surface area contributed by atoms with Crippen LogP contribution in [-0.4, -0.2) is 22.2 Å². The van der Waals surface area contributed by atoms with Gasteiger partial charge in [0, 0.05) is 38.7 Å². The molecule has 0 atom stereocenters. The fourth-order valence-corrected chi connectivity index (χ4v) is 0.552. The molecule has 0 amide bonds. The Hall–Kier alpha value is -0.190. The van der Waals surface area contributed by atoms with Crippen LogP contribution in [-0.2, 0) is 35.4 Å². The Labute approximate surface area is 83.4 Å². The Morgan fingerprint density at radius 3 is 1.36 bits per heavy atom. The van der Waals surface area contributed by atoms with E-state index in [1.54, 1.807) is 0 Å². The number of unbranched alkanes of at least 4 members (excludes halogenated alkanes) is 1. The van der Waals surface area contributed by atoms with Gasteiger partial charge >= 0.3 is 11.9 Å². The topological polar surface area (TPSA) is 74.6 Å². The molecule has 4 nitrogen and oxygen atoms in total. The van der Waals surface area contributed by atoms with Crippen LogP contribution in [0.25, 0.3) is 0 Å². The number of carbonyl (C=O) groups is 2. The van der Waals surface area contributed by atoms with Crippen molar-refractivity contribution in [3.63, 3.8) is 0 Å². The summed E-state index contributed by atoms with van der Waals surface area (Å²) in [6.07, 6.45) is 1.02. The van der Waals surface area contributed by atoms with E-state index in [1.807, 2.05) is 0 Å². The molecule has 0 spiro atoms. The zero-order valence-electron chi connectivity index (χ0n) is 6.04. The summed E-state index contributed by atoms with van der Waals surface area (Å²) in [6.45, 7) is 0. The molecule has 0 aromatic carbocycles. The molecular formula is C6H10HfO4. The Kier molecular flexibility index (Phi) is 9.64. The summed E-state index contributed by atoms with van der Waals surface area (Å²) < 4.78 is 0. The first-order chi connectivity index (χ1) is 4.63. The van der Waals surface area contributed by atoms with Crippen molar-refractivity contribution in [3.05, 3.63) is 0 Å². The summed E-state index contributed by atoms with van der Waals surface area (Å²) >= 11 is 0. The third-order valence-corrected chi connectivity index (χ3v) is 1.03. The molecule has 0 rings (SSSR count). The third kappa shape index (κ3) is 12.9. The molecule has 0 aromatic rings. The summed E-state index contributed by atoms with van der Waals surface area (Å²) in [5.41, 5.74) is 0. The summed E-state index contributed by atoms with van der Waals surface area (Å²) in [5, 5.41) is 16.3. The van der Waals surface area contributed by atoms with Gasteiger partial charge in [-0.15, -0.1) is 0 Å². The number of rotatable bonds is 5. The van der Waals surface area contributed by atoms with E-state index in [4.69, 9.17) is 10.2 Å². The molecule has 2 N–H and O–H groups in total. The maximum Gasteiger partial charge on any atom is 0.303 e. The quantitative estimate of drug-likeness (QED) is 0.577. The first-order valence-corrected chi connectivity index (χ1v) is 3.06. The summed E-state index contributed by atoms with van der Waals surface area (Å²) in [5.74, 6) is -1.74. The van der Waals surface area contributed by atoms with Gasteiger partial charge in [0.05, 0.1) is 0 Å². The van der Waals surface area contributed by atoms with Gasteiger partial charge in [0.1, 0.15) is 0 Å². The molecule has 0 fully saturated rings. The fourth-order valence-electron chi connectivity index (χ4n) is 0.552. The van der Waals surface area contributed by atoms with Gasteiger partial charge < -0.3 is 10.2 Å². The molecule has 0 heterocycles. The van der Waals surface area contributed by atoms with Crippen molar-refractivity contribution in [2.75, 3.05) is 0 Å². The first-order valence-electron chi connectivity index (χ1n) is 3.06. The second-order valence-corrected chi connectivity index (χ2v) is 1.99. The Balaban J connectivity index is 0. The molecule has 0 unspecified atom stereocenters. The summed E-state index contributed by atoms with van der Waals surface area (Å²) in [7, 11) is 0. The molecule has 11 heavy (non-hydrogen) atoms. The van der Waals surface area contributed by atoms with E-state index in [2.05, 4.69) is 0 Å². The number of hydrogen-bond donors (Lipinski definition) is 2. The van der Waals surface area contributed by atoms with Crippen LogP contribution < -0.4 is 0 Å². The van der Waals surface area contributed by atoms with Crippen LogP contribution in [0.4, 0.5) is 0 Å². The van der Waals surface area contributed by atoms with Crippen molar-refractivity contribution in [2.24, 2.45) is 0 Å². The normalized spacial score (nSPS) is 8.36. The molecular weight excluding hydrogens is 315 g/mol. The van der Waals surface area contributed by atoms with Gasteiger partial charge in [-0.2, -0.15) is 0 Å². The minimum atomic E-state index is -0.870. The van der Waals surface area contributed by atoms with Gasteiger partial charge in [0.15, 0.2) is 0 Å². The zero-order valence-corrected chi connectivity index (χ0v) is 9.63. The zero-order chi connectivity index (χ0) is 7.98. The molecule has 62 valence electrons. The maximum absolute atomic E-state index is 9.90. The number of hydrogen-bond acceptors (Lipinski definition) is 2. The van der Waals surface area contributed by atoms with E-state index < -0.39 is 11.9 Å². The van der Waals surface area contributed by atoms with Crippen LogP contribution in [0.15, 0.2) is 0 Å². The minimum Gasteiger partial charge on any atom is -0.481 e. The Bertz CT molecular complexity index is 119. The number of carboxylic acids is 2. The largest absolute Gasteiger partial charge is 0.481 e. The van der Waals surface area contributed by atoms with E-state index in [0.29, 0.717) is 12.8 Å². The second kappa shape index (κ2) is 7.91. The second-order valence-electron chi connectivity index (χ2n) is 1.99. The fraction of sp³-hybridized carbons (Fsp3) is 0.667. The Morgan fingerprint density at radius 2 is 1.18 bits per heavy atom. The van der Waals surface area contributed by atoms with E-state index in [1.165, 1.54) is 0 Å². The van der Waals surface area contributed by atoms with Gasteiger partial charge in [-0.05, 0) is 12.8 Å². The predicted molar refractivity (Wildman–Crippen MR) is 33.7 cm³/mol. The van der Waals surface area contributed by atoms with Crippen molar-refractivity contribution >= 4 is 11.9 Å². The average Bonchev–Trinajstić information content (AvgIpc) is 1.79. The van der Waals surface area contributed by atoms with Gasteiger partial charge in [0.25, 0.3) is 0 Å². The molecule has 0 aromatic heterocycles. The molecule has 0 saturated carbocycles.